The van der Waals surface area contributed by atoms with Gasteiger partial charge in [0.1, 0.15) is 5.75 Å². The monoisotopic (exact) mass is 367 g/mol. The topological polar surface area (TPSA) is 70.2 Å². The first-order valence-corrected chi connectivity index (χ1v) is 10.1. The number of amides is 2. The molecule has 0 N–H and O–H groups in total. The predicted octanol–water partition coefficient (Wildman–Crippen LogP) is 1.95. The second kappa shape index (κ2) is 7.21. The molecule has 1 aromatic rings. The molecule has 0 aliphatic carbocycles. The normalized spacial score (nSPS) is 22.2. The van der Waals surface area contributed by atoms with Crippen molar-refractivity contribution in [1.82, 2.24) is 14.1 Å². The molecule has 1 atom stereocenters. The highest BCUT2D eigenvalue weighted by atomic mass is 32.2. The van der Waals surface area contributed by atoms with Gasteiger partial charge in [-0.2, -0.15) is 4.31 Å². The summed E-state index contributed by atoms with van der Waals surface area (Å²) in [5.41, 5.74) is 0. The van der Waals surface area contributed by atoms with Crippen molar-refractivity contribution in [3.63, 3.8) is 0 Å². The molecule has 2 saturated heterocycles. The molecule has 2 fully saturated rings. The number of ether oxygens (including phenoxy) is 1. The molecular weight excluding hydrogens is 342 g/mol. The zero-order valence-electron chi connectivity index (χ0n) is 14.7. The molecule has 0 aromatic heterocycles. The van der Waals surface area contributed by atoms with Gasteiger partial charge in [-0.1, -0.05) is 0 Å². The number of piperidine rings is 1. The highest BCUT2D eigenvalue weighted by Gasteiger charge is 2.41. The van der Waals surface area contributed by atoms with E-state index < -0.39 is 16.2 Å². The van der Waals surface area contributed by atoms with Crippen molar-refractivity contribution >= 4 is 16.1 Å². The summed E-state index contributed by atoms with van der Waals surface area (Å²) < 4.78 is 32.3. The molecule has 0 radical (unpaired) electrons. The van der Waals surface area contributed by atoms with Gasteiger partial charge >= 0.3 is 6.03 Å². The number of likely N-dealkylation sites (tertiary alicyclic amines) is 1. The van der Waals surface area contributed by atoms with Crippen molar-refractivity contribution in [2.24, 2.45) is 0 Å². The average Bonchev–Trinajstić information content (AvgIpc) is 3.04. The van der Waals surface area contributed by atoms with Gasteiger partial charge < -0.3 is 14.5 Å². The van der Waals surface area contributed by atoms with E-state index in [1.54, 1.807) is 24.0 Å². The Morgan fingerprint density at radius 1 is 1.04 bits per heavy atom. The summed E-state index contributed by atoms with van der Waals surface area (Å²) in [5.74, 6) is 0.607. The molecule has 7 nitrogen and oxygen atoms in total. The van der Waals surface area contributed by atoms with Gasteiger partial charge in [-0.05, 0) is 50.5 Å². The lowest BCUT2D eigenvalue weighted by atomic mass is 10.1. The molecular formula is C17H25N3O4S. The van der Waals surface area contributed by atoms with E-state index >= 15 is 0 Å². The van der Waals surface area contributed by atoms with Crippen LogP contribution in [0.2, 0.25) is 0 Å². The lowest BCUT2D eigenvalue weighted by Crippen LogP contribution is -2.49. The van der Waals surface area contributed by atoms with Crippen LogP contribution in [0.5, 0.6) is 5.75 Å². The smallest absolute Gasteiger partial charge is 0.321 e. The standard InChI is InChI=1S/C17H25N3O4S/c1-14-19(17(21)18-10-4-3-5-11-18)12-13-20(14)25(22,23)16-8-6-15(24-2)7-9-16/h6-9,14H,3-5,10-13H2,1-2H3. The zero-order valence-corrected chi connectivity index (χ0v) is 15.5. The van der Waals surface area contributed by atoms with Crippen molar-refractivity contribution in [1.29, 1.82) is 0 Å². The number of methoxy groups -OCH3 is 1. The summed E-state index contributed by atoms with van der Waals surface area (Å²) in [7, 11) is -2.11. The fourth-order valence-electron chi connectivity index (χ4n) is 3.46. The van der Waals surface area contributed by atoms with Gasteiger partial charge in [0.25, 0.3) is 0 Å². The van der Waals surface area contributed by atoms with E-state index in [1.807, 2.05) is 4.90 Å². The van der Waals surface area contributed by atoms with E-state index in [9.17, 15) is 13.2 Å². The van der Waals surface area contributed by atoms with Crippen molar-refractivity contribution in [3.05, 3.63) is 24.3 Å². The van der Waals surface area contributed by atoms with E-state index in [0.29, 0.717) is 18.8 Å². The van der Waals surface area contributed by atoms with Crippen molar-refractivity contribution in [2.75, 3.05) is 33.3 Å². The van der Waals surface area contributed by atoms with Crippen LogP contribution in [0.1, 0.15) is 26.2 Å². The molecule has 25 heavy (non-hydrogen) atoms. The van der Waals surface area contributed by atoms with Gasteiger partial charge in [0, 0.05) is 26.2 Å². The largest absolute Gasteiger partial charge is 0.497 e. The lowest BCUT2D eigenvalue weighted by molar-refractivity contribution is 0.132. The molecule has 3 rings (SSSR count). The van der Waals surface area contributed by atoms with Gasteiger partial charge in [-0.25, -0.2) is 13.2 Å². The minimum Gasteiger partial charge on any atom is -0.497 e. The molecule has 2 aliphatic heterocycles. The maximum Gasteiger partial charge on any atom is 0.321 e. The Kier molecular flexibility index (Phi) is 5.19. The highest BCUT2D eigenvalue weighted by molar-refractivity contribution is 7.89. The number of hydrogen-bond acceptors (Lipinski definition) is 4. The fourth-order valence-corrected chi connectivity index (χ4v) is 5.05. The third-order valence-corrected chi connectivity index (χ3v) is 6.94. The zero-order chi connectivity index (χ0) is 18.0. The molecule has 2 heterocycles. The quantitative estimate of drug-likeness (QED) is 0.819. The van der Waals surface area contributed by atoms with Crippen molar-refractivity contribution in [2.45, 2.75) is 37.2 Å². The Bertz CT molecular complexity index is 714. The Labute approximate surface area is 149 Å². The number of hydrogen-bond donors (Lipinski definition) is 0. The number of carbonyl (C=O) groups excluding carboxylic acids is 1. The second-order valence-corrected chi connectivity index (χ2v) is 8.34. The van der Waals surface area contributed by atoms with E-state index in [0.717, 1.165) is 32.4 Å². The number of sulfonamides is 1. The van der Waals surface area contributed by atoms with Crippen LogP contribution >= 0.6 is 0 Å². The molecule has 8 heteroatoms. The van der Waals surface area contributed by atoms with Crippen molar-refractivity contribution in [3.8, 4) is 5.75 Å². The molecule has 2 amide bonds. The van der Waals surface area contributed by atoms with Crippen LogP contribution in [0.3, 0.4) is 0 Å². The second-order valence-electron chi connectivity index (χ2n) is 6.45. The van der Waals surface area contributed by atoms with Crippen LogP contribution in [0.4, 0.5) is 4.79 Å². The molecule has 0 saturated carbocycles. The Morgan fingerprint density at radius 2 is 1.68 bits per heavy atom. The molecule has 0 spiro atoms. The molecule has 0 bridgehead atoms. The number of nitrogens with zero attached hydrogens (tertiary/aromatic N) is 3. The summed E-state index contributed by atoms with van der Waals surface area (Å²) in [6.07, 6.45) is 2.70. The number of rotatable bonds is 3. The Morgan fingerprint density at radius 3 is 2.28 bits per heavy atom. The van der Waals surface area contributed by atoms with E-state index in [-0.39, 0.29) is 10.9 Å². The minimum atomic E-state index is -3.64. The first kappa shape index (κ1) is 18.0. The summed E-state index contributed by atoms with van der Waals surface area (Å²) in [6.45, 7) is 4.03. The summed E-state index contributed by atoms with van der Waals surface area (Å²) in [4.78, 5) is 16.4. The van der Waals surface area contributed by atoms with E-state index in [2.05, 4.69) is 0 Å². The third-order valence-electron chi connectivity index (χ3n) is 4.97. The Hall–Kier alpha value is -1.80. The third kappa shape index (κ3) is 3.46. The first-order valence-electron chi connectivity index (χ1n) is 8.66. The van der Waals surface area contributed by atoms with E-state index in [4.69, 9.17) is 4.74 Å². The van der Waals surface area contributed by atoms with Gasteiger partial charge in [0.15, 0.2) is 0 Å². The van der Waals surface area contributed by atoms with Gasteiger partial charge in [-0.3, -0.25) is 0 Å². The highest BCUT2D eigenvalue weighted by Crippen LogP contribution is 2.26. The van der Waals surface area contributed by atoms with Gasteiger partial charge in [-0.15, -0.1) is 0 Å². The van der Waals surface area contributed by atoms with Crippen molar-refractivity contribution < 1.29 is 17.9 Å². The number of benzene rings is 1. The lowest BCUT2D eigenvalue weighted by Gasteiger charge is -2.33. The van der Waals surface area contributed by atoms with Crippen LogP contribution in [-0.4, -0.2) is 68.0 Å². The molecule has 1 unspecified atom stereocenters. The SMILES string of the molecule is COc1ccc(S(=O)(=O)N2CCN(C(=O)N3CCCCC3)C2C)cc1. The van der Waals surface area contributed by atoms with Crippen LogP contribution in [0, 0.1) is 0 Å². The molecule has 138 valence electrons. The maximum absolute atomic E-state index is 12.9. The minimum absolute atomic E-state index is 0.0559. The maximum atomic E-state index is 12.9. The van der Waals surface area contributed by atoms with Gasteiger partial charge in [0.2, 0.25) is 10.0 Å². The molecule has 1 aromatic carbocycles. The van der Waals surface area contributed by atoms with Crippen LogP contribution < -0.4 is 4.74 Å². The summed E-state index contributed by atoms with van der Waals surface area (Å²) >= 11 is 0. The van der Waals surface area contributed by atoms with Crippen LogP contribution in [-0.2, 0) is 10.0 Å². The summed E-state index contributed by atoms with van der Waals surface area (Å²) in [6, 6.07) is 6.28. The predicted molar refractivity (Wildman–Crippen MR) is 93.9 cm³/mol. The number of urea groups is 1. The Balaban J connectivity index is 1.75. The van der Waals surface area contributed by atoms with E-state index in [1.165, 1.54) is 23.5 Å². The van der Waals surface area contributed by atoms with Crippen LogP contribution in [0.25, 0.3) is 0 Å². The fraction of sp³-hybridized carbons (Fsp3) is 0.588. The molecule has 2 aliphatic rings. The first-order chi connectivity index (χ1) is 11.9. The van der Waals surface area contributed by atoms with Crippen LogP contribution in [0.15, 0.2) is 29.2 Å². The van der Waals surface area contributed by atoms with Gasteiger partial charge in [0.05, 0.1) is 18.2 Å². The number of carbonyl (C=O) groups is 1. The average molecular weight is 367 g/mol. The summed E-state index contributed by atoms with van der Waals surface area (Å²) in [5, 5.41) is 0.